The van der Waals surface area contributed by atoms with Crippen molar-refractivity contribution in [3.8, 4) is 0 Å². The lowest BCUT2D eigenvalue weighted by molar-refractivity contribution is -0.227. The average Bonchev–Trinajstić information content (AvgIpc) is 1.67. The van der Waals surface area contributed by atoms with Gasteiger partial charge >= 0.3 is 0 Å². The minimum atomic E-state index is -0.519. The fourth-order valence-corrected chi connectivity index (χ4v) is 0.287. The highest BCUT2D eigenvalue weighted by atomic mass is 16.8. The van der Waals surface area contributed by atoms with Crippen LogP contribution in [0.15, 0.2) is 0 Å². The van der Waals surface area contributed by atoms with Crippen molar-refractivity contribution in [1.29, 1.82) is 0 Å². The lowest BCUT2D eigenvalue weighted by atomic mass is 10.4. The van der Waals surface area contributed by atoms with Crippen molar-refractivity contribution in [2.24, 2.45) is 0 Å². The third kappa shape index (κ3) is 2.96. The second-order valence-electron chi connectivity index (χ2n) is 1.91. The van der Waals surface area contributed by atoms with Crippen LogP contribution in [0.25, 0.3) is 0 Å². The van der Waals surface area contributed by atoms with E-state index in [-0.39, 0.29) is 0 Å². The number of rotatable bonds is 3. The number of ether oxygens (including phenoxy) is 1. The first-order valence-corrected chi connectivity index (χ1v) is 2.52. The summed E-state index contributed by atoms with van der Waals surface area (Å²) < 4.78 is 4.89. The summed E-state index contributed by atoms with van der Waals surface area (Å²) in [7, 11) is 3.29. The topological polar surface area (TPSA) is 30.5 Å². The van der Waals surface area contributed by atoms with Crippen LogP contribution in [0, 0.1) is 0 Å². The number of methoxy groups -OCH3 is 1. The van der Waals surface area contributed by atoms with Crippen LogP contribution in [0.5, 0.6) is 0 Å². The van der Waals surface area contributed by atoms with Gasteiger partial charge in [0, 0.05) is 14.2 Å². The zero-order valence-corrected chi connectivity index (χ0v) is 5.82. The van der Waals surface area contributed by atoms with Crippen LogP contribution in [-0.4, -0.2) is 19.9 Å². The van der Waals surface area contributed by atoms with Crippen LogP contribution in [0.3, 0.4) is 0 Å². The molecule has 50 valence electrons. The van der Waals surface area contributed by atoms with Crippen molar-refractivity contribution >= 4 is 0 Å². The molecule has 3 nitrogen and oxygen atoms in total. The molecule has 8 heavy (non-hydrogen) atoms. The van der Waals surface area contributed by atoms with Gasteiger partial charge in [0.1, 0.15) is 0 Å². The van der Waals surface area contributed by atoms with Crippen LogP contribution in [-0.2, 0) is 9.57 Å². The standard InChI is InChI=1S/C5H13NO2/c1-5(2,7-4)8-6-3/h6H,1-4H3. The minimum absolute atomic E-state index is 0.519. The van der Waals surface area contributed by atoms with Crippen molar-refractivity contribution < 1.29 is 9.57 Å². The Morgan fingerprint density at radius 3 is 2.00 bits per heavy atom. The van der Waals surface area contributed by atoms with Gasteiger partial charge in [-0.1, -0.05) is 0 Å². The molecule has 0 aromatic heterocycles. The normalized spacial score (nSPS) is 12.0. The summed E-state index contributed by atoms with van der Waals surface area (Å²) >= 11 is 0. The van der Waals surface area contributed by atoms with E-state index in [1.165, 1.54) is 0 Å². The Morgan fingerprint density at radius 2 is 1.88 bits per heavy atom. The largest absolute Gasteiger partial charge is 0.352 e. The predicted octanol–water partition coefficient (Wildman–Crippen LogP) is 0.520. The lowest BCUT2D eigenvalue weighted by Gasteiger charge is -2.21. The molecule has 0 fully saturated rings. The van der Waals surface area contributed by atoms with E-state index in [9.17, 15) is 0 Å². The number of hydrogen-bond donors (Lipinski definition) is 1. The van der Waals surface area contributed by atoms with Gasteiger partial charge in [-0.15, -0.1) is 0 Å². The van der Waals surface area contributed by atoms with Gasteiger partial charge in [0.25, 0.3) is 0 Å². The summed E-state index contributed by atoms with van der Waals surface area (Å²) in [6.07, 6.45) is 0. The molecule has 0 amide bonds. The van der Waals surface area contributed by atoms with Gasteiger partial charge in [-0.2, -0.15) is 0 Å². The zero-order valence-electron chi connectivity index (χ0n) is 5.82. The Balaban J connectivity index is 3.37. The molecule has 1 N–H and O–H groups in total. The second-order valence-corrected chi connectivity index (χ2v) is 1.91. The van der Waals surface area contributed by atoms with E-state index >= 15 is 0 Å². The molecule has 0 saturated heterocycles. The predicted molar refractivity (Wildman–Crippen MR) is 31.2 cm³/mol. The van der Waals surface area contributed by atoms with E-state index in [1.54, 1.807) is 14.2 Å². The first-order chi connectivity index (χ1) is 3.62. The fourth-order valence-electron chi connectivity index (χ4n) is 0.287. The average molecular weight is 119 g/mol. The quantitative estimate of drug-likeness (QED) is 0.434. The minimum Gasteiger partial charge on any atom is -0.352 e. The molecule has 0 aliphatic carbocycles. The molecule has 0 rings (SSSR count). The van der Waals surface area contributed by atoms with Crippen LogP contribution in [0.4, 0.5) is 0 Å². The van der Waals surface area contributed by atoms with Gasteiger partial charge in [0.15, 0.2) is 5.79 Å². The second kappa shape index (κ2) is 3.02. The monoisotopic (exact) mass is 119 g/mol. The Labute approximate surface area is 49.9 Å². The third-order valence-corrected chi connectivity index (χ3v) is 0.839. The number of nitrogens with one attached hydrogen (secondary N) is 1. The SMILES string of the molecule is CNOC(C)(C)OC. The van der Waals surface area contributed by atoms with E-state index in [4.69, 9.17) is 9.57 Å². The van der Waals surface area contributed by atoms with E-state index < -0.39 is 5.79 Å². The maximum atomic E-state index is 4.91. The first-order valence-electron chi connectivity index (χ1n) is 2.52. The van der Waals surface area contributed by atoms with Gasteiger partial charge in [-0.3, -0.25) is 4.84 Å². The highest BCUT2D eigenvalue weighted by Gasteiger charge is 2.14. The Hall–Kier alpha value is -0.120. The van der Waals surface area contributed by atoms with E-state index in [0.717, 1.165) is 0 Å². The molecule has 0 aliphatic rings. The summed E-state index contributed by atoms with van der Waals surface area (Å²) in [6, 6.07) is 0. The van der Waals surface area contributed by atoms with Crippen LogP contribution in [0.1, 0.15) is 13.8 Å². The van der Waals surface area contributed by atoms with Crippen LogP contribution < -0.4 is 5.48 Å². The maximum Gasteiger partial charge on any atom is 0.181 e. The Kier molecular flexibility index (Phi) is 2.97. The first kappa shape index (κ1) is 7.88. The smallest absolute Gasteiger partial charge is 0.181 e. The highest BCUT2D eigenvalue weighted by molar-refractivity contribution is 4.47. The lowest BCUT2D eigenvalue weighted by Crippen LogP contribution is -2.31. The van der Waals surface area contributed by atoms with E-state index in [1.807, 2.05) is 13.8 Å². The van der Waals surface area contributed by atoms with Crippen molar-refractivity contribution in [1.82, 2.24) is 5.48 Å². The van der Waals surface area contributed by atoms with Gasteiger partial charge in [-0.25, -0.2) is 5.48 Å². The summed E-state index contributed by atoms with van der Waals surface area (Å²) in [5.41, 5.74) is 2.53. The number of hydrogen-bond acceptors (Lipinski definition) is 3. The van der Waals surface area contributed by atoms with Crippen LogP contribution in [0.2, 0.25) is 0 Å². The highest BCUT2D eigenvalue weighted by Crippen LogP contribution is 2.05. The molecule has 0 spiro atoms. The fraction of sp³-hybridized carbons (Fsp3) is 1.00. The molecule has 0 aromatic rings. The van der Waals surface area contributed by atoms with Crippen molar-refractivity contribution in [3.05, 3.63) is 0 Å². The zero-order chi connectivity index (χ0) is 6.62. The summed E-state index contributed by atoms with van der Waals surface area (Å²) in [5, 5.41) is 0. The van der Waals surface area contributed by atoms with Crippen molar-refractivity contribution in [2.45, 2.75) is 19.6 Å². The molecule has 0 radical (unpaired) electrons. The molecule has 0 heterocycles. The molecule has 0 aliphatic heterocycles. The van der Waals surface area contributed by atoms with Gasteiger partial charge in [0.05, 0.1) is 0 Å². The van der Waals surface area contributed by atoms with Gasteiger partial charge in [0.2, 0.25) is 0 Å². The number of hydroxylamine groups is 1. The van der Waals surface area contributed by atoms with Crippen molar-refractivity contribution in [2.75, 3.05) is 14.2 Å². The molecule has 0 bridgehead atoms. The van der Waals surface area contributed by atoms with Crippen LogP contribution >= 0.6 is 0 Å². The van der Waals surface area contributed by atoms with E-state index in [2.05, 4.69) is 5.48 Å². The molecule has 3 heteroatoms. The Bertz CT molecular complexity index is 63.4. The maximum absolute atomic E-state index is 4.91. The molecule has 0 unspecified atom stereocenters. The molecular formula is C5H13NO2. The van der Waals surface area contributed by atoms with Crippen molar-refractivity contribution in [3.63, 3.8) is 0 Å². The van der Waals surface area contributed by atoms with E-state index in [0.29, 0.717) is 0 Å². The Morgan fingerprint density at radius 1 is 1.38 bits per heavy atom. The summed E-state index contributed by atoms with van der Waals surface area (Å²) in [6.45, 7) is 3.65. The summed E-state index contributed by atoms with van der Waals surface area (Å²) in [4.78, 5) is 4.91. The molecule has 0 saturated carbocycles. The van der Waals surface area contributed by atoms with Gasteiger partial charge in [-0.05, 0) is 13.8 Å². The molecule has 0 aromatic carbocycles. The summed E-state index contributed by atoms with van der Waals surface area (Å²) in [5.74, 6) is -0.519. The van der Waals surface area contributed by atoms with Gasteiger partial charge < -0.3 is 4.74 Å². The third-order valence-electron chi connectivity index (χ3n) is 0.839. The molecule has 0 atom stereocenters. The molecular weight excluding hydrogens is 106 g/mol.